The van der Waals surface area contributed by atoms with Gasteiger partial charge in [-0.2, -0.15) is 13.2 Å². The Morgan fingerprint density at radius 2 is 1.87 bits per heavy atom. The molecule has 1 unspecified atom stereocenters. The highest BCUT2D eigenvalue weighted by Gasteiger charge is 2.44. The maximum Gasteiger partial charge on any atom is 0.429 e. The molecule has 7 heteroatoms. The maximum absolute atomic E-state index is 13.5. The molecule has 0 fully saturated rings. The van der Waals surface area contributed by atoms with Crippen molar-refractivity contribution in [3.05, 3.63) is 66.8 Å². The van der Waals surface area contributed by atoms with Crippen LogP contribution >= 0.6 is 0 Å². The number of ether oxygens (including phenoxy) is 1. The number of hydrogen-bond donors (Lipinski definition) is 0. The molecule has 0 N–H and O–H groups in total. The Morgan fingerprint density at radius 1 is 1.04 bits per heavy atom. The summed E-state index contributed by atoms with van der Waals surface area (Å²) in [7, 11) is 0. The van der Waals surface area contributed by atoms with Crippen molar-refractivity contribution in [2.75, 3.05) is 0 Å². The van der Waals surface area contributed by atoms with Gasteiger partial charge in [0.2, 0.25) is 12.0 Å². The van der Waals surface area contributed by atoms with E-state index >= 15 is 0 Å². The van der Waals surface area contributed by atoms with Crippen LogP contribution in [0, 0.1) is 0 Å². The Hall–Kier alpha value is -2.83. The number of hydrogen-bond acceptors (Lipinski definition) is 4. The third-order valence-corrected chi connectivity index (χ3v) is 3.12. The summed E-state index contributed by atoms with van der Waals surface area (Å²) in [6, 6.07) is 10.5. The Labute approximate surface area is 129 Å². The lowest BCUT2D eigenvalue weighted by Crippen LogP contribution is -2.27. The molecular weight excluding hydrogens is 309 g/mol. The van der Waals surface area contributed by atoms with Crippen LogP contribution in [0.1, 0.15) is 11.7 Å². The van der Waals surface area contributed by atoms with Crippen molar-refractivity contribution in [3.8, 4) is 17.2 Å². The number of halogens is 3. The van der Waals surface area contributed by atoms with Gasteiger partial charge in [-0.25, -0.2) is 9.97 Å². The van der Waals surface area contributed by atoms with Crippen LogP contribution in [0.3, 0.4) is 0 Å². The second-order valence-electron chi connectivity index (χ2n) is 4.65. The summed E-state index contributed by atoms with van der Waals surface area (Å²) >= 11 is 0. The van der Waals surface area contributed by atoms with Crippen LogP contribution in [-0.2, 0) is 0 Å². The molecule has 0 aliphatic rings. The number of furan rings is 1. The van der Waals surface area contributed by atoms with E-state index in [4.69, 9.17) is 9.15 Å². The molecule has 0 aliphatic heterocycles. The molecule has 1 atom stereocenters. The van der Waals surface area contributed by atoms with Crippen molar-refractivity contribution in [1.29, 1.82) is 0 Å². The predicted molar refractivity (Wildman–Crippen MR) is 75.6 cm³/mol. The lowest BCUT2D eigenvalue weighted by Gasteiger charge is -2.23. The SMILES string of the molecule is FC(F)(F)C(Oc1ccncn1)c1ccccc1-c1ccco1. The molecule has 0 saturated carbocycles. The van der Waals surface area contributed by atoms with Gasteiger partial charge in [-0.05, 0) is 12.1 Å². The standard InChI is InChI=1S/C16H11F3N2O2/c17-16(18,19)15(23-14-7-8-20-10-21-14)12-5-2-1-4-11(12)13-6-3-9-22-13/h1-10,15H. The zero-order valence-corrected chi connectivity index (χ0v) is 11.7. The van der Waals surface area contributed by atoms with Gasteiger partial charge in [-0.1, -0.05) is 24.3 Å². The van der Waals surface area contributed by atoms with Gasteiger partial charge in [0.15, 0.2) is 0 Å². The lowest BCUT2D eigenvalue weighted by molar-refractivity contribution is -0.198. The topological polar surface area (TPSA) is 48.2 Å². The van der Waals surface area contributed by atoms with Crippen molar-refractivity contribution in [2.24, 2.45) is 0 Å². The van der Waals surface area contributed by atoms with Crippen molar-refractivity contribution in [3.63, 3.8) is 0 Å². The number of benzene rings is 1. The first-order valence-electron chi connectivity index (χ1n) is 6.68. The zero-order valence-electron chi connectivity index (χ0n) is 11.7. The number of alkyl halides is 3. The van der Waals surface area contributed by atoms with E-state index in [1.54, 1.807) is 24.3 Å². The van der Waals surface area contributed by atoms with Crippen LogP contribution in [0.4, 0.5) is 13.2 Å². The first-order valence-corrected chi connectivity index (χ1v) is 6.68. The van der Waals surface area contributed by atoms with Gasteiger partial charge < -0.3 is 9.15 Å². The van der Waals surface area contributed by atoms with Crippen LogP contribution in [0.5, 0.6) is 5.88 Å². The molecule has 23 heavy (non-hydrogen) atoms. The van der Waals surface area contributed by atoms with Gasteiger partial charge in [0.25, 0.3) is 0 Å². The van der Waals surface area contributed by atoms with Crippen LogP contribution in [0.2, 0.25) is 0 Å². The molecule has 0 aliphatic carbocycles. The van der Waals surface area contributed by atoms with E-state index in [-0.39, 0.29) is 11.4 Å². The van der Waals surface area contributed by atoms with Crippen LogP contribution in [0.25, 0.3) is 11.3 Å². The molecular formula is C16H11F3N2O2. The minimum atomic E-state index is -4.62. The van der Waals surface area contributed by atoms with E-state index in [1.807, 2.05) is 0 Å². The average Bonchev–Trinajstić information content (AvgIpc) is 3.07. The average molecular weight is 320 g/mol. The van der Waals surface area contributed by atoms with Crippen LogP contribution in [-0.4, -0.2) is 16.1 Å². The summed E-state index contributed by atoms with van der Waals surface area (Å²) in [5.41, 5.74) is 0.266. The van der Waals surface area contributed by atoms with Gasteiger partial charge in [0.1, 0.15) is 12.1 Å². The molecule has 118 valence electrons. The highest BCUT2D eigenvalue weighted by molar-refractivity contribution is 5.63. The Morgan fingerprint density at radius 3 is 2.52 bits per heavy atom. The Kier molecular flexibility index (Phi) is 4.01. The molecule has 3 rings (SSSR count). The fraction of sp³-hybridized carbons (Fsp3) is 0.125. The maximum atomic E-state index is 13.5. The summed E-state index contributed by atoms with van der Waals surface area (Å²) in [5.74, 6) is 0.178. The van der Waals surface area contributed by atoms with Gasteiger partial charge in [0.05, 0.1) is 6.26 Å². The molecule has 0 spiro atoms. The third-order valence-electron chi connectivity index (χ3n) is 3.12. The smallest absolute Gasteiger partial charge is 0.429 e. The summed E-state index contributed by atoms with van der Waals surface area (Å²) in [5, 5.41) is 0. The molecule has 2 aromatic heterocycles. The van der Waals surface area contributed by atoms with Gasteiger partial charge in [-0.3, -0.25) is 0 Å². The first kappa shape index (κ1) is 15.1. The molecule has 0 radical (unpaired) electrons. The predicted octanol–water partition coefficient (Wildman–Crippen LogP) is 4.42. The van der Waals surface area contributed by atoms with E-state index in [9.17, 15) is 13.2 Å². The molecule has 4 nitrogen and oxygen atoms in total. The van der Waals surface area contributed by atoms with E-state index in [0.29, 0.717) is 11.3 Å². The fourth-order valence-electron chi connectivity index (χ4n) is 2.16. The van der Waals surface area contributed by atoms with Gasteiger partial charge >= 0.3 is 6.18 Å². The highest BCUT2D eigenvalue weighted by Crippen LogP contribution is 2.40. The minimum Gasteiger partial charge on any atom is -0.464 e. The van der Waals surface area contributed by atoms with E-state index in [2.05, 4.69) is 9.97 Å². The molecule has 3 aromatic rings. The Balaban J connectivity index is 2.05. The van der Waals surface area contributed by atoms with Crippen LogP contribution < -0.4 is 4.74 Å². The summed E-state index contributed by atoms with van der Waals surface area (Å²) in [4.78, 5) is 7.35. The van der Waals surface area contributed by atoms with Gasteiger partial charge in [0, 0.05) is 23.4 Å². The largest absolute Gasteiger partial charge is 0.464 e. The Bertz CT molecular complexity index is 759. The number of aromatic nitrogens is 2. The highest BCUT2D eigenvalue weighted by atomic mass is 19.4. The molecule has 0 amide bonds. The first-order chi connectivity index (χ1) is 11.1. The van der Waals surface area contributed by atoms with Crippen molar-refractivity contribution >= 4 is 0 Å². The molecule has 0 bridgehead atoms. The fourth-order valence-corrected chi connectivity index (χ4v) is 2.16. The van der Waals surface area contributed by atoms with E-state index in [1.165, 1.54) is 30.7 Å². The van der Waals surface area contributed by atoms with E-state index < -0.39 is 12.3 Å². The molecule has 1 aromatic carbocycles. The normalized spacial score (nSPS) is 12.8. The minimum absolute atomic E-state index is 0.0476. The van der Waals surface area contributed by atoms with Gasteiger partial charge in [-0.15, -0.1) is 0 Å². The number of rotatable bonds is 4. The molecule has 0 saturated heterocycles. The number of nitrogens with zero attached hydrogens (tertiary/aromatic N) is 2. The lowest BCUT2D eigenvalue weighted by atomic mass is 10.00. The van der Waals surface area contributed by atoms with E-state index in [0.717, 1.165) is 6.33 Å². The molecule has 2 heterocycles. The second-order valence-corrected chi connectivity index (χ2v) is 4.65. The quantitative estimate of drug-likeness (QED) is 0.714. The van der Waals surface area contributed by atoms with Crippen molar-refractivity contribution in [1.82, 2.24) is 9.97 Å². The van der Waals surface area contributed by atoms with Crippen molar-refractivity contribution in [2.45, 2.75) is 12.3 Å². The third kappa shape index (κ3) is 3.33. The monoisotopic (exact) mass is 320 g/mol. The summed E-state index contributed by atoms with van der Waals surface area (Å²) < 4.78 is 50.9. The van der Waals surface area contributed by atoms with Crippen LogP contribution in [0.15, 0.2) is 65.7 Å². The second kappa shape index (κ2) is 6.12. The van der Waals surface area contributed by atoms with Crippen molar-refractivity contribution < 1.29 is 22.3 Å². The zero-order chi connectivity index (χ0) is 16.3. The summed E-state index contributed by atoms with van der Waals surface area (Å²) in [6.45, 7) is 0. The summed E-state index contributed by atoms with van der Waals surface area (Å²) in [6.07, 6.45) is -2.94.